The van der Waals surface area contributed by atoms with Gasteiger partial charge in [0.15, 0.2) is 11.2 Å². The molecule has 0 saturated carbocycles. The summed E-state index contributed by atoms with van der Waals surface area (Å²) in [6.07, 6.45) is -1.53. The summed E-state index contributed by atoms with van der Waals surface area (Å²) in [4.78, 5) is 10.4. The monoisotopic (exact) mass is 694 g/mol. The molecule has 1 saturated heterocycles. The second-order valence-electron chi connectivity index (χ2n) is 11.9. The van der Waals surface area contributed by atoms with Crippen LogP contribution in [0.1, 0.15) is 38.2 Å². The maximum atomic E-state index is 12.9. The third kappa shape index (κ3) is 9.07. The third-order valence-corrected chi connectivity index (χ3v) is 10.4. The van der Waals surface area contributed by atoms with E-state index in [1.54, 1.807) is 18.2 Å². The third-order valence-electron chi connectivity index (χ3n) is 8.48. The molecule has 6 rings (SSSR count). The van der Waals surface area contributed by atoms with E-state index >= 15 is 0 Å². The van der Waals surface area contributed by atoms with Crippen LogP contribution in [0.5, 0.6) is 0 Å². The Morgan fingerprint density at radius 1 is 0.633 bits per heavy atom. The SMILES string of the molecule is O=Cc1cc([C@]2(O)S[C@@H](COCc3ccccc3)[C@@H](OCc3ccccc3)[C@H](OCc3ccccc3)[C@H]2OCc2ccccc2)ccc1Cl. The fraction of sp³-hybridized carbons (Fsp3) is 0.244. The van der Waals surface area contributed by atoms with Crippen molar-refractivity contribution in [1.82, 2.24) is 0 Å². The molecule has 5 aromatic carbocycles. The molecular weight excluding hydrogens is 656 g/mol. The minimum atomic E-state index is -1.67. The molecule has 8 heteroatoms. The van der Waals surface area contributed by atoms with Gasteiger partial charge in [0.2, 0.25) is 0 Å². The van der Waals surface area contributed by atoms with Gasteiger partial charge in [0, 0.05) is 5.56 Å². The summed E-state index contributed by atoms with van der Waals surface area (Å²) in [6.45, 7) is 1.45. The fourth-order valence-corrected chi connectivity index (χ4v) is 7.70. The number of carbonyl (C=O) groups excluding carboxylic acids is 1. The first-order valence-electron chi connectivity index (χ1n) is 16.3. The van der Waals surface area contributed by atoms with Crippen molar-refractivity contribution in [1.29, 1.82) is 0 Å². The Kier molecular flexibility index (Phi) is 12.3. The number of rotatable bonds is 15. The van der Waals surface area contributed by atoms with Crippen molar-refractivity contribution in [3.8, 4) is 0 Å². The number of hydrogen-bond acceptors (Lipinski definition) is 7. The van der Waals surface area contributed by atoms with Crippen LogP contribution in [0.4, 0.5) is 0 Å². The van der Waals surface area contributed by atoms with Crippen LogP contribution in [-0.4, -0.2) is 41.6 Å². The predicted molar refractivity (Wildman–Crippen MR) is 193 cm³/mol. The van der Waals surface area contributed by atoms with Crippen LogP contribution in [-0.2, 0) is 50.3 Å². The van der Waals surface area contributed by atoms with Gasteiger partial charge < -0.3 is 24.1 Å². The van der Waals surface area contributed by atoms with Gasteiger partial charge in [-0.2, -0.15) is 0 Å². The van der Waals surface area contributed by atoms with E-state index in [4.69, 9.17) is 30.5 Å². The number of halogens is 1. The molecule has 5 atom stereocenters. The van der Waals surface area contributed by atoms with Crippen LogP contribution in [0.25, 0.3) is 0 Å². The average molecular weight is 695 g/mol. The van der Waals surface area contributed by atoms with Gasteiger partial charge in [0.05, 0.1) is 43.3 Å². The van der Waals surface area contributed by atoms with Gasteiger partial charge in [-0.3, -0.25) is 4.79 Å². The highest BCUT2D eigenvalue weighted by atomic mass is 35.5. The topological polar surface area (TPSA) is 74.2 Å². The maximum absolute atomic E-state index is 12.9. The zero-order valence-corrected chi connectivity index (χ0v) is 28.5. The maximum Gasteiger partial charge on any atom is 0.165 e. The zero-order chi connectivity index (χ0) is 33.9. The highest BCUT2D eigenvalue weighted by Gasteiger charge is 2.56. The number of carbonyl (C=O) groups is 1. The minimum Gasteiger partial charge on any atom is -0.376 e. The predicted octanol–water partition coefficient (Wildman–Crippen LogP) is 8.39. The number of hydrogen-bond donors (Lipinski definition) is 1. The summed E-state index contributed by atoms with van der Waals surface area (Å²) in [6, 6.07) is 44.6. The molecule has 0 aliphatic carbocycles. The molecule has 0 unspecified atom stereocenters. The number of aldehydes is 1. The highest BCUT2D eigenvalue weighted by molar-refractivity contribution is 8.00. The van der Waals surface area contributed by atoms with Gasteiger partial charge in [-0.15, -0.1) is 11.8 Å². The Morgan fingerprint density at radius 3 is 1.61 bits per heavy atom. The smallest absolute Gasteiger partial charge is 0.165 e. The van der Waals surface area contributed by atoms with Crippen LogP contribution < -0.4 is 0 Å². The van der Waals surface area contributed by atoms with Gasteiger partial charge in [-0.1, -0.05) is 139 Å². The molecule has 0 radical (unpaired) electrons. The number of aliphatic hydroxyl groups is 1. The van der Waals surface area contributed by atoms with Gasteiger partial charge >= 0.3 is 0 Å². The molecule has 6 nitrogen and oxygen atoms in total. The second kappa shape index (κ2) is 17.2. The van der Waals surface area contributed by atoms with Crippen LogP contribution in [0.15, 0.2) is 140 Å². The minimum absolute atomic E-state index is 0.217. The summed E-state index contributed by atoms with van der Waals surface area (Å²) in [7, 11) is 0. The first-order valence-corrected chi connectivity index (χ1v) is 17.5. The van der Waals surface area contributed by atoms with Crippen molar-refractivity contribution >= 4 is 29.6 Å². The first kappa shape index (κ1) is 35.1. The lowest BCUT2D eigenvalue weighted by Crippen LogP contribution is -2.61. The van der Waals surface area contributed by atoms with E-state index in [9.17, 15) is 9.90 Å². The van der Waals surface area contributed by atoms with Crippen LogP contribution in [0.3, 0.4) is 0 Å². The summed E-state index contributed by atoms with van der Waals surface area (Å²) in [5.41, 5.74) is 4.71. The van der Waals surface area contributed by atoms with Crippen LogP contribution >= 0.6 is 23.4 Å². The molecule has 0 aromatic heterocycles. The van der Waals surface area contributed by atoms with E-state index in [2.05, 4.69) is 0 Å². The normalized spacial score (nSPS) is 22.1. The standard InChI is InChI=1S/C41H39ClO6S/c42-36-22-21-35(23-34(36)24-43)41(44)40(48-28-33-19-11-4-12-20-33)39(47-27-32-17-9-3-10-18-32)38(46-26-31-15-7-2-8-16-31)37(49-41)29-45-25-30-13-5-1-6-14-30/h1-24,37-40,44H,25-29H2/t37-,38+,39-,40+,41-/m0/s1. The number of benzene rings is 5. The lowest BCUT2D eigenvalue weighted by atomic mass is 9.92. The first-order chi connectivity index (χ1) is 24.0. The van der Waals surface area contributed by atoms with E-state index in [1.165, 1.54) is 11.8 Å². The van der Waals surface area contributed by atoms with Gasteiger partial charge in [-0.05, 0) is 39.9 Å². The van der Waals surface area contributed by atoms with Crippen molar-refractivity contribution in [3.63, 3.8) is 0 Å². The number of ether oxygens (including phenoxy) is 4. The Balaban J connectivity index is 1.40. The molecule has 0 bridgehead atoms. The lowest BCUT2D eigenvalue weighted by Gasteiger charge is -2.50. The van der Waals surface area contributed by atoms with Crippen molar-refractivity contribution in [2.45, 2.75) is 54.9 Å². The molecule has 1 heterocycles. The van der Waals surface area contributed by atoms with Crippen molar-refractivity contribution in [2.24, 2.45) is 0 Å². The largest absolute Gasteiger partial charge is 0.376 e. The summed E-state index contributed by atoms with van der Waals surface area (Å²) in [5.74, 6) is 0. The molecule has 252 valence electrons. The summed E-state index contributed by atoms with van der Waals surface area (Å²) < 4.78 is 26.6. The molecule has 49 heavy (non-hydrogen) atoms. The average Bonchev–Trinajstić information content (AvgIpc) is 3.15. The molecule has 0 spiro atoms. The summed E-state index contributed by atoms with van der Waals surface area (Å²) >= 11 is 7.67. The Bertz CT molecular complexity index is 1740. The summed E-state index contributed by atoms with van der Waals surface area (Å²) in [5, 5.41) is 12.8. The van der Waals surface area contributed by atoms with E-state index < -0.39 is 28.5 Å². The quantitative estimate of drug-likeness (QED) is 0.110. The Hall–Kier alpha value is -3.79. The van der Waals surface area contributed by atoms with Crippen molar-refractivity contribution in [3.05, 3.63) is 178 Å². The molecule has 1 N–H and O–H groups in total. The van der Waals surface area contributed by atoms with Gasteiger partial charge in [0.25, 0.3) is 0 Å². The van der Waals surface area contributed by atoms with Gasteiger partial charge in [-0.25, -0.2) is 0 Å². The Morgan fingerprint density at radius 2 is 1.10 bits per heavy atom. The molecule has 1 fully saturated rings. The molecule has 5 aromatic rings. The molecule has 1 aliphatic heterocycles. The zero-order valence-electron chi connectivity index (χ0n) is 27.0. The second-order valence-corrected chi connectivity index (χ2v) is 13.8. The fourth-order valence-electron chi connectivity index (χ4n) is 5.94. The van der Waals surface area contributed by atoms with Gasteiger partial charge in [0.1, 0.15) is 18.3 Å². The van der Waals surface area contributed by atoms with E-state index in [-0.39, 0.29) is 25.4 Å². The highest BCUT2D eigenvalue weighted by Crippen LogP contribution is 2.50. The van der Waals surface area contributed by atoms with E-state index in [0.717, 1.165) is 22.3 Å². The molecule has 0 amide bonds. The van der Waals surface area contributed by atoms with E-state index in [0.29, 0.717) is 30.1 Å². The van der Waals surface area contributed by atoms with Crippen LogP contribution in [0, 0.1) is 0 Å². The lowest BCUT2D eigenvalue weighted by molar-refractivity contribution is -0.199. The van der Waals surface area contributed by atoms with E-state index in [1.807, 2.05) is 121 Å². The van der Waals surface area contributed by atoms with Crippen LogP contribution in [0.2, 0.25) is 5.02 Å². The Labute approximate surface area is 297 Å². The molecular formula is C41H39ClO6S. The molecule has 1 aliphatic rings. The van der Waals surface area contributed by atoms with Crippen molar-refractivity contribution < 1.29 is 28.8 Å². The van der Waals surface area contributed by atoms with Crippen molar-refractivity contribution in [2.75, 3.05) is 6.61 Å². The number of thioether (sulfide) groups is 1.